The molecule has 1 unspecified atom stereocenters. The van der Waals surface area contributed by atoms with Gasteiger partial charge in [-0.2, -0.15) is 0 Å². The van der Waals surface area contributed by atoms with Crippen LogP contribution >= 0.6 is 0 Å². The second-order valence-electron chi connectivity index (χ2n) is 6.75. The number of aryl methyl sites for hydroxylation is 2. The molecular weight excluding hydrogens is 298 g/mol. The van der Waals surface area contributed by atoms with Crippen LogP contribution in [0.1, 0.15) is 40.5 Å². The van der Waals surface area contributed by atoms with E-state index in [9.17, 15) is 4.79 Å². The maximum atomic E-state index is 12.8. The van der Waals surface area contributed by atoms with Crippen molar-refractivity contribution in [2.24, 2.45) is 13.0 Å². The van der Waals surface area contributed by atoms with Crippen LogP contribution in [0.25, 0.3) is 10.9 Å². The summed E-state index contributed by atoms with van der Waals surface area (Å²) in [5.41, 5.74) is 3.90. The Morgan fingerprint density at radius 3 is 2.83 bits per heavy atom. The molecule has 1 N–H and O–H groups in total. The van der Waals surface area contributed by atoms with E-state index >= 15 is 0 Å². The summed E-state index contributed by atoms with van der Waals surface area (Å²) in [6.07, 6.45) is 6.13. The lowest BCUT2D eigenvalue weighted by atomic mass is 10.1. The van der Waals surface area contributed by atoms with Crippen LogP contribution in [0.3, 0.4) is 0 Å². The monoisotopic (exact) mass is 319 g/mol. The Hall–Kier alpha value is -2.62. The van der Waals surface area contributed by atoms with Crippen LogP contribution in [0.2, 0.25) is 0 Å². The molecule has 1 aliphatic carbocycles. The van der Waals surface area contributed by atoms with E-state index in [-0.39, 0.29) is 11.9 Å². The molecule has 24 heavy (non-hydrogen) atoms. The van der Waals surface area contributed by atoms with E-state index in [4.69, 9.17) is 0 Å². The van der Waals surface area contributed by atoms with Gasteiger partial charge in [0.1, 0.15) is 0 Å². The lowest BCUT2D eigenvalue weighted by molar-refractivity contribution is 0.0931. The van der Waals surface area contributed by atoms with E-state index in [1.54, 1.807) is 0 Å². The number of carbonyl (C=O) groups excluding carboxylic acids is 1. The van der Waals surface area contributed by atoms with Crippen LogP contribution in [0.15, 0.2) is 48.8 Å². The van der Waals surface area contributed by atoms with Crippen LogP contribution in [0.5, 0.6) is 0 Å². The zero-order valence-electron chi connectivity index (χ0n) is 14.0. The largest absolute Gasteiger partial charge is 0.351 e. The molecule has 2 aromatic heterocycles. The zero-order chi connectivity index (χ0) is 16.7. The molecule has 4 heteroatoms. The maximum absolute atomic E-state index is 12.8. The van der Waals surface area contributed by atoms with Crippen molar-refractivity contribution in [3.63, 3.8) is 0 Å². The van der Waals surface area contributed by atoms with E-state index in [1.807, 2.05) is 48.3 Å². The summed E-state index contributed by atoms with van der Waals surface area (Å²) in [7, 11) is 1.99. The van der Waals surface area contributed by atoms with Gasteiger partial charge in [0, 0.05) is 30.5 Å². The Bertz CT molecular complexity index is 908. The smallest absolute Gasteiger partial charge is 0.251 e. The average molecular weight is 319 g/mol. The normalized spacial score (nSPS) is 15.4. The Morgan fingerprint density at radius 1 is 1.25 bits per heavy atom. The quantitative estimate of drug-likeness (QED) is 0.796. The zero-order valence-corrected chi connectivity index (χ0v) is 14.0. The predicted molar refractivity (Wildman–Crippen MR) is 94.8 cm³/mol. The number of fused-ring (bicyclic) bond motifs is 1. The minimum absolute atomic E-state index is 0.00140. The first kappa shape index (κ1) is 14.9. The van der Waals surface area contributed by atoms with Crippen molar-refractivity contribution in [3.8, 4) is 0 Å². The lowest BCUT2D eigenvalue weighted by Gasteiger charge is -2.18. The highest BCUT2D eigenvalue weighted by Gasteiger charge is 2.34. The van der Waals surface area contributed by atoms with Crippen molar-refractivity contribution >= 4 is 16.8 Å². The third-order valence-electron chi connectivity index (χ3n) is 4.79. The average Bonchev–Trinajstić information content (AvgIpc) is 3.36. The maximum Gasteiger partial charge on any atom is 0.251 e. The van der Waals surface area contributed by atoms with Crippen molar-refractivity contribution in [1.29, 1.82) is 0 Å². The fraction of sp³-hybridized carbons (Fsp3) is 0.300. The number of amides is 1. The van der Waals surface area contributed by atoms with Crippen LogP contribution in [0.4, 0.5) is 0 Å². The molecule has 1 amide bonds. The molecule has 0 spiro atoms. The number of nitrogens with one attached hydrogen (secondary N) is 1. The Balaban J connectivity index is 1.61. The topological polar surface area (TPSA) is 46.9 Å². The molecular formula is C20H21N3O. The fourth-order valence-electron chi connectivity index (χ4n) is 3.22. The molecule has 2 heterocycles. The molecule has 1 fully saturated rings. The second kappa shape index (κ2) is 5.78. The number of hydrogen-bond donors (Lipinski definition) is 1. The standard InChI is InChI=1S/C20H21N3O/c1-13-7-9-21-17(11-13)19(15-4-5-15)22-20(24)16-6-3-14-8-10-23(2)18(14)12-16/h3,6-12,15,19H,4-5H2,1-2H3,(H,22,24). The minimum Gasteiger partial charge on any atom is -0.351 e. The number of hydrogen-bond acceptors (Lipinski definition) is 2. The van der Waals surface area contributed by atoms with Gasteiger partial charge in [0.15, 0.2) is 0 Å². The molecule has 4 rings (SSSR count). The molecule has 1 saturated carbocycles. The third-order valence-corrected chi connectivity index (χ3v) is 4.79. The number of pyridine rings is 1. The van der Waals surface area contributed by atoms with Gasteiger partial charge in [0.2, 0.25) is 0 Å². The molecule has 0 bridgehead atoms. The van der Waals surface area contributed by atoms with Gasteiger partial charge in [-0.3, -0.25) is 9.78 Å². The summed E-state index contributed by atoms with van der Waals surface area (Å²) in [6.45, 7) is 2.06. The number of rotatable bonds is 4. The first-order valence-electron chi connectivity index (χ1n) is 8.40. The Labute approximate surface area is 141 Å². The summed E-state index contributed by atoms with van der Waals surface area (Å²) < 4.78 is 2.03. The fourth-order valence-corrected chi connectivity index (χ4v) is 3.22. The molecule has 3 aromatic rings. The molecule has 0 radical (unpaired) electrons. The highest BCUT2D eigenvalue weighted by atomic mass is 16.1. The number of aromatic nitrogens is 2. The van der Waals surface area contributed by atoms with Gasteiger partial charge in [0.05, 0.1) is 11.7 Å². The second-order valence-corrected chi connectivity index (χ2v) is 6.75. The van der Waals surface area contributed by atoms with Gasteiger partial charge in [-0.05, 0) is 67.0 Å². The summed E-state index contributed by atoms with van der Waals surface area (Å²) in [4.78, 5) is 17.3. The van der Waals surface area contributed by atoms with Crippen molar-refractivity contribution in [1.82, 2.24) is 14.9 Å². The predicted octanol–water partition coefficient (Wildman–Crippen LogP) is 3.76. The first-order valence-corrected chi connectivity index (χ1v) is 8.40. The van der Waals surface area contributed by atoms with Gasteiger partial charge in [0.25, 0.3) is 5.91 Å². The number of carbonyl (C=O) groups is 1. The molecule has 4 nitrogen and oxygen atoms in total. The molecule has 0 saturated heterocycles. The van der Waals surface area contributed by atoms with E-state index in [0.29, 0.717) is 11.5 Å². The van der Waals surface area contributed by atoms with Gasteiger partial charge >= 0.3 is 0 Å². The van der Waals surface area contributed by atoms with Gasteiger partial charge < -0.3 is 9.88 Å². The lowest BCUT2D eigenvalue weighted by Crippen LogP contribution is -2.30. The van der Waals surface area contributed by atoms with Crippen molar-refractivity contribution in [3.05, 3.63) is 65.6 Å². The van der Waals surface area contributed by atoms with E-state index < -0.39 is 0 Å². The van der Waals surface area contributed by atoms with Gasteiger partial charge in [-0.15, -0.1) is 0 Å². The van der Waals surface area contributed by atoms with Crippen molar-refractivity contribution in [2.75, 3.05) is 0 Å². The van der Waals surface area contributed by atoms with E-state index in [2.05, 4.69) is 29.4 Å². The Kier molecular flexibility index (Phi) is 3.60. The van der Waals surface area contributed by atoms with Crippen LogP contribution in [-0.4, -0.2) is 15.5 Å². The summed E-state index contributed by atoms with van der Waals surface area (Å²) in [5, 5.41) is 4.35. The van der Waals surface area contributed by atoms with Crippen molar-refractivity contribution in [2.45, 2.75) is 25.8 Å². The van der Waals surface area contributed by atoms with Crippen LogP contribution in [0, 0.1) is 12.8 Å². The molecule has 1 aromatic carbocycles. The molecule has 0 aliphatic heterocycles. The first-order chi connectivity index (χ1) is 11.6. The van der Waals surface area contributed by atoms with Crippen molar-refractivity contribution < 1.29 is 4.79 Å². The summed E-state index contributed by atoms with van der Waals surface area (Å²) in [5.74, 6) is 0.473. The molecule has 122 valence electrons. The highest BCUT2D eigenvalue weighted by Crippen LogP contribution is 2.40. The van der Waals surface area contributed by atoms with Crippen LogP contribution in [-0.2, 0) is 7.05 Å². The Morgan fingerprint density at radius 2 is 2.08 bits per heavy atom. The summed E-state index contributed by atoms with van der Waals surface area (Å²) in [6, 6.07) is 12.0. The summed E-state index contributed by atoms with van der Waals surface area (Å²) >= 11 is 0. The molecule has 1 atom stereocenters. The van der Waals surface area contributed by atoms with Gasteiger partial charge in [-0.25, -0.2) is 0 Å². The SMILES string of the molecule is Cc1ccnc(C(NC(=O)c2ccc3ccn(C)c3c2)C2CC2)c1. The number of nitrogens with zero attached hydrogens (tertiary/aromatic N) is 2. The highest BCUT2D eigenvalue weighted by molar-refractivity contribution is 5.98. The number of benzene rings is 1. The third kappa shape index (κ3) is 2.80. The van der Waals surface area contributed by atoms with Gasteiger partial charge in [-0.1, -0.05) is 6.07 Å². The van der Waals surface area contributed by atoms with E-state index in [1.165, 1.54) is 5.56 Å². The minimum atomic E-state index is -0.0293. The molecule has 1 aliphatic rings. The van der Waals surface area contributed by atoms with Crippen LogP contribution < -0.4 is 5.32 Å². The van der Waals surface area contributed by atoms with E-state index in [0.717, 1.165) is 29.4 Å².